The van der Waals surface area contributed by atoms with Gasteiger partial charge in [-0.05, 0) is 43.0 Å². The normalized spacial score (nSPS) is 17.3. The third-order valence-electron chi connectivity index (χ3n) is 4.88. The molecule has 0 aromatic carbocycles. The van der Waals surface area contributed by atoms with Gasteiger partial charge in [0.1, 0.15) is 11.5 Å². The summed E-state index contributed by atoms with van der Waals surface area (Å²) in [5.74, 6) is 0.662. The molecule has 3 aromatic rings. The monoisotopic (exact) mass is 372 g/mol. The zero-order valence-corrected chi connectivity index (χ0v) is 15.1. The van der Waals surface area contributed by atoms with Gasteiger partial charge in [0.15, 0.2) is 11.5 Å². The van der Waals surface area contributed by atoms with E-state index in [9.17, 15) is 9.18 Å². The number of aromatic nitrogens is 4. The molecular formula is C19H25FN6O. The van der Waals surface area contributed by atoms with Crippen LogP contribution >= 0.6 is 0 Å². The molecule has 1 amide bonds. The van der Waals surface area contributed by atoms with Crippen LogP contribution in [0.1, 0.15) is 22.6 Å². The predicted molar refractivity (Wildman–Crippen MR) is 105 cm³/mol. The van der Waals surface area contributed by atoms with Gasteiger partial charge >= 0.3 is 0 Å². The standard InChI is InChI=1S/C19H21FN6O.2H2/c1-12(27)22-10-13-4-3-9-26(11-13)16-7-6-15(20)18(23-16)17-14-5-2-8-21-19(14)25-24-17;;/h2,5-8,13H,3-4,9-11H2,1H3,(H,22,27)(H,21,24,25);2*1H. The zero-order valence-electron chi connectivity index (χ0n) is 15.1. The minimum absolute atomic E-state index is 0. The van der Waals surface area contributed by atoms with Crippen LogP contribution in [0.15, 0.2) is 30.5 Å². The Hall–Kier alpha value is -3.03. The maximum atomic E-state index is 14.5. The Balaban J connectivity index is 0.00000150. The summed E-state index contributed by atoms with van der Waals surface area (Å²) in [5.41, 5.74) is 1.31. The largest absolute Gasteiger partial charge is 0.356 e. The second-order valence-electron chi connectivity index (χ2n) is 6.86. The highest BCUT2D eigenvalue weighted by molar-refractivity contribution is 5.89. The van der Waals surface area contributed by atoms with Crippen molar-refractivity contribution >= 4 is 22.8 Å². The van der Waals surface area contributed by atoms with Gasteiger partial charge in [0.25, 0.3) is 0 Å². The molecule has 0 aliphatic carbocycles. The van der Waals surface area contributed by atoms with Crippen molar-refractivity contribution in [3.8, 4) is 11.4 Å². The van der Waals surface area contributed by atoms with Gasteiger partial charge in [0.2, 0.25) is 5.91 Å². The zero-order chi connectivity index (χ0) is 18.8. The Kier molecular flexibility index (Phi) is 4.70. The fourth-order valence-electron chi connectivity index (χ4n) is 3.54. The summed E-state index contributed by atoms with van der Waals surface area (Å²) in [5, 5.41) is 10.6. The average Bonchev–Trinajstić information content (AvgIpc) is 3.11. The van der Waals surface area contributed by atoms with E-state index in [0.717, 1.165) is 37.1 Å². The number of aromatic amines is 1. The highest BCUT2D eigenvalue weighted by Crippen LogP contribution is 2.29. The molecule has 144 valence electrons. The van der Waals surface area contributed by atoms with E-state index in [1.54, 1.807) is 18.3 Å². The number of rotatable bonds is 4. The van der Waals surface area contributed by atoms with Crippen LogP contribution in [0, 0.1) is 11.7 Å². The van der Waals surface area contributed by atoms with Crippen molar-refractivity contribution in [2.45, 2.75) is 19.8 Å². The van der Waals surface area contributed by atoms with E-state index >= 15 is 0 Å². The van der Waals surface area contributed by atoms with E-state index < -0.39 is 5.82 Å². The molecule has 8 heteroatoms. The number of H-pyrrole nitrogens is 1. The number of carbonyl (C=O) groups excluding carboxylic acids is 1. The van der Waals surface area contributed by atoms with Gasteiger partial charge in [-0.25, -0.2) is 14.4 Å². The summed E-state index contributed by atoms with van der Waals surface area (Å²) in [6.07, 6.45) is 3.72. The van der Waals surface area contributed by atoms with Crippen molar-refractivity contribution < 1.29 is 12.0 Å². The fourth-order valence-corrected chi connectivity index (χ4v) is 3.54. The lowest BCUT2D eigenvalue weighted by molar-refractivity contribution is -0.119. The summed E-state index contributed by atoms with van der Waals surface area (Å²) in [4.78, 5) is 22.1. The lowest BCUT2D eigenvalue weighted by atomic mass is 9.98. The first-order valence-electron chi connectivity index (χ1n) is 9.07. The van der Waals surface area contributed by atoms with Crippen LogP contribution in [0.5, 0.6) is 0 Å². The first kappa shape index (κ1) is 17.4. The van der Waals surface area contributed by atoms with Gasteiger partial charge in [-0.3, -0.25) is 9.89 Å². The van der Waals surface area contributed by atoms with Crippen molar-refractivity contribution in [1.29, 1.82) is 0 Å². The molecule has 1 aliphatic rings. The van der Waals surface area contributed by atoms with Crippen molar-refractivity contribution in [3.05, 3.63) is 36.3 Å². The van der Waals surface area contributed by atoms with Crippen LogP contribution in [0.4, 0.5) is 10.2 Å². The van der Waals surface area contributed by atoms with Crippen LogP contribution in [-0.2, 0) is 4.79 Å². The van der Waals surface area contributed by atoms with E-state index in [0.29, 0.717) is 23.8 Å². The topological polar surface area (TPSA) is 86.8 Å². The fraction of sp³-hybridized carbons (Fsp3) is 0.368. The molecule has 0 bridgehead atoms. The maximum absolute atomic E-state index is 14.5. The summed E-state index contributed by atoms with van der Waals surface area (Å²) in [6.45, 7) is 3.82. The quantitative estimate of drug-likeness (QED) is 0.735. The number of hydrogen-bond donors (Lipinski definition) is 2. The Bertz CT molecular complexity index is 982. The van der Waals surface area contributed by atoms with E-state index in [1.165, 1.54) is 13.0 Å². The van der Waals surface area contributed by atoms with E-state index in [-0.39, 0.29) is 14.5 Å². The molecule has 1 saturated heterocycles. The van der Waals surface area contributed by atoms with Crippen LogP contribution in [-0.4, -0.2) is 45.7 Å². The third-order valence-corrected chi connectivity index (χ3v) is 4.88. The van der Waals surface area contributed by atoms with Crippen molar-refractivity contribution in [3.63, 3.8) is 0 Å². The number of nitrogens with zero attached hydrogens (tertiary/aromatic N) is 4. The number of pyridine rings is 2. The summed E-state index contributed by atoms with van der Waals surface area (Å²) >= 11 is 0. The number of hydrogen-bond acceptors (Lipinski definition) is 5. The maximum Gasteiger partial charge on any atom is 0.216 e. The number of nitrogens with one attached hydrogen (secondary N) is 2. The minimum Gasteiger partial charge on any atom is -0.356 e. The molecule has 2 N–H and O–H groups in total. The number of carbonyl (C=O) groups is 1. The molecule has 4 rings (SSSR count). The van der Waals surface area contributed by atoms with E-state index in [1.807, 2.05) is 6.07 Å². The lowest BCUT2D eigenvalue weighted by Gasteiger charge is -2.33. The van der Waals surface area contributed by atoms with E-state index in [2.05, 4.69) is 30.4 Å². The SMILES string of the molecule is CC(=O)NCC1CCCN(c2ccc(F)c(-c3[nH]nc4ncccc34)n2)C1.[HH].[HH]. The van der Waals surface area contributed by atoms with Crippen molar-refractivity contribution in [2.24, 2.45) is 5.92 Å². The minimum atomic E-state index is -0.403. The van der Waals surface area contributed by atoms with Gasteiger partial charge in [-0.2, -0.15) is 5.10 Å². The van der Waals surface area contributed by atoms with Crippen LogP contribution in [0.3, 0.4) is 0 Å². The molecule has 1 unspecified atom stereocenters. The predicted octanol–water partition coefficient (Wildman–Crippen LogP) is 3.00. The second kappa shape index (κ2) is 7.30. The Morgan fingerprint density at radius 1 is 1.44 bits per heavy atom. The van der Waals surface area contributed by atoms with Crippen LogP contribution < -0.4 is 10.2 Å². The van der Waals surface area contributed by atoms with Gasteiger partial charge in [-0.1, -0.05) is 0 Å². The van der Waals surface area contributed by atoms with Crippen LogP contribution in [0.25, 0.3) is 22.4 Å². The molecule has 0 saturated carbocycles. The van der Waals surface area contributed by atoms with Crippen LogP contribution in [0.2, 0.25) is 0 Å². The molecular weight excluding hydrogens is 347 g/mol. The molecule has 0 spiro atoms. The molecule has 7 nitrogen and oxygen atoms in total. The summed E-state index contributed by atoms with van der Waals surface area (Å²) < 4.78 is 14.5. The molecule has 1 atom stereocenters. The molecule has 1 aliphatic heterocycles. The Morgan fingerprint density at radius 2 is 2.33 bits per heavy atom. The lowest BCUT2D eigenvalue weighted by Crippen LogP contribution is -2.41. The first-order valence-corrected chi connectivity index (χ1v) is 9.07. The highest BCUT2D eigenvalue weighted by atomic mass is 19.1. The number of amides is 1. The van der Waals surface area contributed by atoms with Gasteiger partial charge in [0, 0.05) is 41.0 Å². The summed E-state index contributed by atoms with van der Waals surface area (Å²) in [7, 11) is 0. The van der Waals surface area contributed by atoms with Crippen molar-refractivity contribution in [1.82, 2.24) is 25.5 Å². The third kappa shape index (κ3) is 3.60. The molecule has 4 heterocycles. The van der Waals surface area contributed by atoms with Gasteiger partial charge < -0.3 is 10.2 Å². The average molecular weight is 372 g/mol. The number of fused-ring (bicyclic) bond motifs is 1. The number of halogens is 1. The summed E-state index contributed by atoms with van der Waals surface area (Å²) in [6, 6.07) is 6.79. The number of anilines is 1. The Labute approximate surface area is 159 Å². The smallest absolute Gasteiger partial charge is 0.216 e. The highest BCUT2D eigenvalue weighted by Gasteiger charge is 2.23. The van der Waals surface area contributed by atoms with Gasteiger partial charge in [0.05, 0.1) is 5.69 Å². The first-order chi connectivity index (χ1) is 13.1. The molecule has 27 heavy (non-hydrogen) atoms. The van der Waals surface area contributed by atoms with E-state index in [4.69, 9.17) is 0 Å². The van der Waals surface area contributed by atoms with Gasteiger partial charge in [-0.15, -0.1) is 0 Å². The molecule has 3 aromatic heterocycles. The van der Waals surface area contributed by atoms with Crippen molar-refractivity contribution in [2.75, 3.05) is 24.5 Å². The molecule has 1 fully saturated rings. The Morgan fingerprint density at radius 3 is 3.19 bits per heavy atom. The number of piperidine rings is 1. The second-order valence-corrected chi connectivity index (χ2v) is 6.86. The molecule has 0 radical (unpaired) electrons.